The van der Waals surface area contributed by atoms with Gasteiger partial charge in [-0.3, -0.25) is 0 Å². The van der Waals surface area contributed by atoms with E-state index in [4.69, 9.17) is 0 Å². The van der Waals surface area contributed by atoms with Crippen LogP contribution in [0.15, 0.2) is 224 Å². The first-order chi connectivity index (χ1) is 29.0. The third-order valence-electron chi connectivity index (χ3n) is 13.3. The fourth-order valence-corrected chi connectivity index (χ4v) is 10.6. The Labute approximate surface area is 348 Å². The molecule has 0 N–H and O–H groups in total. The van der Waals surface area contributed by atoms with E-state index in [1.165, 1.54) is 72.3 Å². The van der Waals surface area contributed by atoms with Crippen LogP contribution in [0.4, 0.5) is 17.1 Å². The zero-order valence-electron chi connectivity index (χ0n) is 33.5. The van der Waals surface area contributed by atoms with Gasteiger partial charge in [0.25, 0.3) is 0 Å². The molecule has 0 fully saturated rings. The highest BCUT2D eigenvalue weighted by molar-refractivity contribution is 5.86. The number of hydrogen-bond acceptors (Lipinski definition) is 1. The van der Waals surface area contributed by atoms with Gasteiger partial charge in [0.2, 0.25) is 0 Å². The number of fused-ring (bicyclic) bond motifs is 6. The SMILES string of the molecule is CC1(C)c2ccccc2-c2ccc(-c3cccc(N(c4ccc(-c5ccccc5)cc4)c4ccc5c(c4)C(c4ccccc4)(c4ccccc4)C4=CC=CCC45)c3)cc21. The maximum Gasteiger partial charge on any atom is 0.0674 e. The van der Waals surface area contributed by atoms with E-state index in [0.717, 1.165) is 23.5 Å². The molecule has 0 amide bonds. The molecule has 0 aliphatic heterocycles. The third kappa shape index (κ3) is 5.53. The van der Waals surface area contributed by atoms with Crippen LogP contribution >= 0.6 is 0 Å². The number of nitrogens with zero attached hydrogens (tertiary/aromatic N) is 1. The van der Waals surface area contributed by atoms with Crippen LogP contribution in [-0.4, -0.2) is 0 Å². The number of allylic oxidation sites excluding steroid dienone is 4. The van der Waals surface area contributed by atoms with Crippen LogP contribution in [0.2, 0.25) is 0 Å². The Hall–Kier alpha value is -6.96. The summed E-state index contributed by atoms with van der Waals surface area (Å²) in [6, 6.07) is 74.5. The molecule has 0 aromatic heterocycles. The summed E-state index contributed by atoms with van der Waals surface area (Å²) in [5, 5.41) is 0. The molecule has 8 aromatic carbocycles. The van der Waals surface area contributed by atoms with E-state index in [1.807, 2.05) is 0 Å². The number of benzene rings is 8. The summed E-state index contributed by atoms with van der Waals surface area (Å²) in [6.07, 6.45) is 8.00. The normalized spacial score (nSPS) is 16.4. The van der Waals surface area contributed by atoms with Crippen molar-refractivity contribution in [1.29, 1.82) is 0 Å². The molecular formula is C58H45N. The zero-order valence-corrected chi connectivity index (χ0v) is 33.5. The maximum atomic E-state index is 2.50. The Morgan fingerprint density at radius 1 is 0.441 bits per heavy atom. The van der Waals surface area contributed by atoms with Crippen molar-refractivity contribution < 1.29 is 0 Å². The predicted molar refractivity (Wildman–Crippen MR) is 247 cm³/mol. The van der Waals surface area contributed by atoms with E-state index < -0.39 is 5.41 Å². The van der Waals surface area contributed by atoms with Gasteiger partial charge in [-0.15, -0.1) is 0 Å². The molecule has 0 radical (unpaired) electrons. The number of anilines is 3. The number of hydrogen-bond donors (Lipinski definition) is 0. The van der Waals surface area contributed by atoms with E-state index in [1.54, 1.807) is 0 Å². The first-order valence-corrected chi connectivity index (χ1v) is 20.9. The van der Waals surface area contributed by atoms with Gasteiger partial charge in [-0.05, 0) is 121 Å². The van der Waals surface area contributed by atoms with Gasteiger partial charge in [0, 0.05) is 28.4 Å². The molecule has 3 aliphatic carbocycles. The Bertz CT molecular complexity index is 2880. The van der Waals surface area contributed by atoms with E-state index in [0.29, 0.717) is 5.92 Å². The smallest absolute Gasteiger partial charge is 0.0674 e. The van der Waals surface area contributed by atoms with Crippen LogP contribution < -0.4 is 4.90 Å². The summed E-state index contributed by atoms with van der Waals surface area (Å²) in [4.78, 5) is 2.46. The fourth-order valence-electron chi connectivity index (χ4n) is 10.6. The molecule has 1 nitrogen and oxygen atoms in total. The van der Waals surface area contributed by atoms with E-state index in [-0.39, 0.29) is 5.41 Å². The average molecular weight is 756 g/mol. The van der Waals surface area contributed by atoms with Crippen LogP contribution in [0.25, 0.3) is 33.4 Å². The van der Waals surface area contributed by atoms with Crippen molar-refractivity contribution >= 4 is 17.1 Å². The van der Waals surface area contributed by atoms with E-state index >= 15 is 0 Å². The van der Waals surface area contributed by atoms with Gasteiger partial charge < -0.3 is 4.90 Å². The lowest BCUT2D eigenvalue weighted by Gasteiger charge is -2.36. The minimum absolute atomic E-state index is 0.0668. The molecule has 282 valence electrons. The second kappa shape index (κ2) is 13.9. The Morgan fingerprint density at radius 3 is 1.76 bits per heavy atom. The van der Waals surface area contributed by atoms with Gasteiger partial charge >= 0.3 is 0 Å². The van der Waals surface area contributed by atoms with Crippen LogP contribution in [0.5, 0.6) is 0 Å². The van der Waals surface area contributed by atoms with Crippen molar-refractivity contribution in [2.75, 3.05) is 4.90 Å². The summed E-state index contributed by atoms with van der Waals surface area (Å²) in [5.41, 5.74) is 20.0. The molecule has 0 bridgehead atoms. The molecule has 8 aromatic rings. The van der Waals surface area contributed by atoms with Crippen molar-refractivity contribution in [2.45, 2.75) is 37.0 Å². The molecule has 0 spiro atoms. The molecular weight excluding hydrogens is 711 g/mol. The molecule has 1 unspecified atom stereocenters. The Morgan fingerprint density at radius 2 is 1.02 bits per heavy atom. The van der Waals surface area contributed by atoms with Crippen molar-refractivity contribution in [3.05, 3.63) is 257 Å². The van der Waals surface area contributed by atoms with E-state index in [9.17, 15) is 0 Å². The number of rotatable bonds is 7. The quantitative estimate of drug-likeness (QED) is 0.157. The zero-order chi connectivity index (χ0) is 39.6. The van der Waals surface area contributed by atoms with Crippen molar-refractivity contribution in [2.24, 2.45) is 0 Å². The first kappa shape index (κ1) is 35.2. The fraction of sp³-hybridized carbons (Fsp3) is 0.103. The second-order valence-corrected chi connectivity index (χ2v) is 16.8. The first-order valence-electron chi connectivity index (χ1n) is 20.9. The summed E-state index contributed by atoms with van der Waals surface area (Å²) < 4.78 is 0. The van der Waals surface area contributed by atoms with Gasteiger partial charge in [0.15, 0.2) is 0 Å². The van der Waals surface area contributed by atoms with E-state index in [2.05, 4.69) is 237 Å². The van der Waals surface area contributed by atoms with Crippen LogP contribution in [0, 0.1) is 0 Å². The standard InChI is InChI=1S/C58H45N/c1-57(2)53-27-14-12-25-49(53)51-35-31-43(38-55(51)57)42-19-16-24-47(37-42)59(46-32-29-41(30-33-46)40-17-6-3-7-18-40)48-34-36-52-50-26-13-15-28-54(50)58(56(52)39-48,44-20-8-4-9-21-44)45-22-10-5-11-23-45/h3-25,27-39,50H,26H2,1-2H3. The molecule has 0 saturated carbocycles. The van der Waals surface area contributed by atoms with Crippen LogP contribution in [0.1, 0.15) is 59.6 Å². The minimum Gasteiger partial charge on any atom is -0.310 e. The minimum atomic E-state index is -0.428. The summed E-state index contributed by atoms with van der Waals surface area (Å²) >= 11 is 0. The molecule has 0 saturated heterocycles. The summed E-state index contributed by atoms with van der Waals surface area (Å²) in [7, 11) is 0. The summed E-state index contributed by atoms with van der Waals surface area (Å²) in [5.74, 6) is 0.307. The predicted octanol–water partition coefficient (Wildman–Crippen LogP) is 15.1. The molecule has 0 heterocycles. The molecule has 11 rings (SSSR count). The van der Waals surface area contributed by atoms with Crippen LogP contribution in [0.3, 0.4) is 0 Å². The Kier molecular flexibility index (Phi) is 8.27. The largest absolute Gasteiger partial charge is 0.310 e. The molecule has 59 heavy (non-hydrogen) atoms. The highest BCUT2D eigenvalue weighted by atomic mass is 15.1. The highest BCUT2D eigenvalue weighted by Gasteiger charge is 2.50. The van der Waals surface area contributed by atoms with Crippen LogP contribution in [-0.2, 0) is 10.8 Å². The lowest BCUT2D eigenvalue weighted by Crippen LogP contribution is -2.29. The third-order valence-corrected chi connectivity index (χ3v) is 13.3. The van der Waals surface area contributed by atoms with Crippen molar-refractivity contribution in [1.82, 2.24) is 0 Å². The topological polar surface area (TPSA) is 3.24 Å². The van der Waals surface area contributed by atoms with Gasteiger partial charge in [0.1, 0.15) is 0 Å². The molecule has 1 heteroatoms. The van der Waals surface area contributed by atoms with Crippen molar-refractivity contribution in [3.8, 4) is 33.4 Å². The average Bonchev–Trinajstić information content (AvgIpc) is 3.73. The summed E-state index contributed by atoms with van der Waals surface area (Å²) in [6.45, 7) is 4.72. The molecule has 3 aliphatic rings. The van der Waals surface area contributed by atoms with Gasteiger partial charge in [-0.1, -0.05) is 190 Å². The lowest BCUT2D eigenvalue weighted by molar-refractivity contribution is 0.660. The second-order valence-electron chi connectivity index (χ2n) is 16.8. The highest BCUT2D eigenvalue weighted by Crippen LogP contribution is 2.60. The van der Waals surface area contributed by atoms with Crippen molar-refractivity contribution in [3.63, 3.8) is 0 Å². The maximum absolute atomic E-state index is 2.50. The van der Waals surface area contributed by atoms with Gasteiger partial charge in [-0.2, -0.15) is 0 Å². The van der Waals surface area contributed by atoms with Gasteiger partial charge in [-0.25, -0.2) is 0 Å². The van der Waals surface area contributed by atoms with Gasteiger partial charge in [0.05, 0.1) is 5.41 Å². The Balaban J connectivity index is 1.10. The lowest BCUT2D eigenvalue weighted by atomic mass is 9.66. The monoisotopic (exact) mass is 755 g/mol. The molecule has 1 atom stereocenters.